The monoisotopic (exact) mass is 278 g/mol. The van der Waals surface area contributed by atoms with Gasteiger partial charge >= 0.3 is 80.4 Å². The number of hydrogen-bond acceptors (Lipinski definition) is 3. The van der Waals surface area contributed by atoms with Crippen molar-refractivity contribution < 1.29 is 10.9 Å². The summed E-state index contributed by atoms with van der Waals surface area (Å²) < 4.78 is 16.4. The van der Waals surface area contributed by atoms with Crippen LogP contribution in [0.1, 0.15) is 26.7 Å². The summed E-state index contributed by atoms with van der Waals surface area (Å²) in [4.78, 5) is 10.8. The molecule has 0 spiro atoms. The second-order valence-electron chi connectivity index (χ2n) is 2.65. The molecule has 0 fully saturated rings. The van der Waals surface area contributed by atoms with Gasteiger partial charge in [-0.25, -0.2) is 0 Å². The van der Waals surface area contributed by atoms with E-state index in [9.17, 15) is 7.87 Å². The van der Waals surface area contributed by atoms with Crippen LogP contribution >= 0.6 is 0 Å². The van der Waals surface area contributed by atoms with Gasteiger partial charge in [-0.1, -0.05) is 0 Å². The van der Waals surface area contributed by atoms with E-state index >= 15 is 0 Å². The molecule has 0 aromatic rings. The molecule has 0 saturated heterocycles. The van der Waals surface area contributed by atoms with Gasteiger partial charge in [-0.2, -0.15) is 0 Å². The Balaban J connectivity index is 3.69. The number of rotatable bonds is 5. The molecule has 0 atom stereocenters. The molecule has 4 heteroatoms. The first-order valence-corrected chi connectivity index (χ1v) is 8.33. The number of unbranched alkanes of at least 4 members (excludes halogenated alkanes) is 1. The maximum atomic E-state index is 11.1. The molecular formula is C8H14O3Sn. The van der Waals surface area contributed by atoms with Crippen molar-refractivity contribution in [3.8, 4) is 0 Å². The third-order valence-electron chi connectivity index (χ3n) is 1.29. The SMILES string of the molecule is C=C(C)C(=O)[O][Sn](=[O])[CH2]CCC. The van der Waals surface area contributed by atoms with Gasteiger partial charge < -0.3 is 0 Å². The van der Waals surface area contributed by atoms with E-state index in [1.807, 2.05) is 6.92 Å². The summed E-state index contributed by atoms with van der Waals surface area (Å²) in [5, 5.41) is 0. The zero-order valence-corrected chi connectivity index (χ0v) is 10.4. The first-order chi connectivity index (χ1) is 5.57. The van der Waals surface area contributed by atoms with Crippen LogP contribution in [0.25, 0.3) is 0 Å². The predicted octanol–water partition coefficient (Wildman–Crippen LogP) is 1.82. The van der Waals surface area contributed by atoms with Gasteiger partial charge in [-0.05, 0) is 0 Å². The van der Waals surface area contributed by atoms with E-state index < -0.39 is 26.1 Å². The zero-order chi connectivity index (χ0) is 9.56. The Labute approximate surface area is 80.5 Å². The maximum absolute atomic E-state index is 11.1. The average molecular weight is 277 g/mol. The molecule has 0 heterocycles. The fourth-order valence-corrected chi connectivity index (χ4v) is 3.77. The van der Waals surface area contributed by atoms with Crippen LogP contribution < -0.4 is 0 Å². The van der Waals surface area contributed by atoms with Crippen LogP contribution in [0, 0.1) is 0 Å². The molecule has 68 valence electrons. The summed E-state index contributed by atoms with van der Waals surface area (Å²) >= 11 is -3.02. The standard InChI is InChI=1S/C4H6O2.C4H9.O.Sn/c1-3(2)4(5)6;1-3-4-2;;/h1H2,2H3,(H,5,6);1,3-4H2,2H3;;/q;;;+1/p-1. The molecule has 0 aromatic heterocycles. The van der Waals surface area contributed by atoms with E-state index in [0.29, 0.717) is 10.0 Å². The van der Waals surface area contributed by atoms with Crippen LogP contribution in [0.4, 0.5) is 0 Å². The van der Waals surface area contributed by atoms with E-state index in [2.05, 4.69) is 6.58 Å². The Morgan fingerprint density at radius 1 is 1.58 bits per heavy atom. The molecule has 0 saturated carbocycles. The van der Waals surface area contributed by atoms with Gasteiger partial charge in [0.15, 0.2) is 0 Å². The number of carbonyl (C=O) groups excluding carboxylic acids is 1. The van der Waals surface area contributed by atoms with E-state index in [-0.39, 0.29) is 0 Å². The molecule has 0 rings (SSSR count). The molecule has 0 aliphatic carbocycles. The molecule has 0 amide bonds. The predicted molar refractivity (Wildman–Crippen MR) is 47.1 cm³/mol. The van der Waals surface area contributed by atoms with Crippen LogP contribution in [0.5, 0.6) is 0 Å². The summed E-state index contributed by atoms with van der Waals surface area (Å²) in [5.41, 5.74) is 0.320. The van der Waals surface area contributed by atoms with Gasteiger partial charge in [0.2, 0.25) is 0 Å². The molecule has 0 aromatic carbocycles. The van der Waals surface area contributed by atoms with Crippen LogP contribution in [0.2, 0.25) is 4.44 Å². The minimum atomic E-state index is -3.02. The Kier molecular flexibility index (Phi) is 6.24. The van der Waals surface area contributed by atoms with Crippen molar-refractivity contribution in [3.05, 3.63) is 12.2 Å². The van der Waals surface area contributed by atoms with Crippen LogP contribution in [-0.2, 0) is 10.9 Å². The van der Waals surface area contributed by atoms with Gasteiger partial charge in [-0.3, -0.25) is 0 Å². The van der Waals surface area contributed by atoms with Crippen LogP contribution in [0.3, 0.4) is 0 Å². The number of carbonyl (C=O) groups is 1. The van der Waals surface area contributed by atoms with Gasteiger partial charge in [0.25, 0.3) is 0 Å². The summed E-state index contributed by atoms with van der Waals surface area (Å²) in [6.07, 6.45) is 1.86. The molecule has 0 unspecified atom stereocenters. The summed E-state index contributed by atoms with van der Waals surface area (Å²) in [5.74, 6) is -0.504. The van der Waals surface area contributed by atoms with Crippen molar-refractivity contribution in [1.82, 2.24) is 0 Å². The van der Waals surface area contributed by atoms with Crippen molar-refractivity contribution >= 4 is 26.1 Å². The molecule has 12 heavy (non-hydrogen) atoms. The molecule has 0 N–H and O–H groups in total. The van der Waals surface area contributed by atoms with Crippen molar-refractivity contribution in [2.75, 3.05) is 0 Å². The Hall–Kier alpha value is -0.191. The quantitative estimate of drug-likeness (QED) is 0.568. The topological polar surface area (TPSA) is 43.4 Å². The Morgan fingerprint density at radius 3 is 2.58 bits per heavy atom. The summed E-state index contributed by atoms with van der Waals surface area (Å²) in [7, 11) is 0. The molecule has 0 radical (unpaired) electrons. The van der Waals surface area contributed by atoms with Crippen molar-refractivity contribution in [2.45, 2.75) is 31.1 Å². The van der Waals surface area contributed by atoms with E-state index in [1.165, 1.54) is 0 Å². The second kappa shape index (κ2) is 6.34. The van der Waals surface area contributed by atoms with E-state index in [0.717, 1.165) is 12.8 Å². The normalized spacial score (nSPS) is 9.17. The summed E-state index contributed by atoms with van der Waals surface area (Å²) in [6, 6.07) is 0. The van der Waals surface area contributed by atoms with Crippen LogP contribution in [0.15, 0.2) is 12.2 Å². The molecule has 3 nitrogen and oxygen atoms in total. The van der Waals surface area contributed by atoms with Gasteiger partial charge in [0, 0.05) is 0 Å². The fourth-order valence-electron chi connectivity index (χ4n) is 0.563. The van der Waals surface area contributed by atoms with Gasteiger partial charge in [0.1, 0.15) is 0 Å². The van der Waals surface area contributed by atoms with Crippen molar-refractivity contribution in [2.24, 2.45) is 0 Å². The summed E-state index contributed by atoms with van der Waals surface area (Å²) in [6.45, 7) is 6.97. The average Bonchev–Trinajstić information content (AvgIpc) is 2.00. The van der Waals surface area contributed by atoms with Gasteiger partial charge in [0.05, 0.1) is 0 Å². The molecule has 0 aliphatic rings. The third-order valence-corrected chi connectivity index (χ3v) is 4.64. The van der Waals surface area contributed by atoms with Crippen LogP contribution in [-0.4, -0.2) is 26.1 Å². The van der Waals surface area contributed by atoms with E-state index in [4.69, 9.17) is 3.07 Å². The second-order valence-corrected chi connectivity index (χ2v) is 6.78. The number of hydrogen-bond donors (Lipinski definition) is 0. The van der Waals surface area contributed by atoms with Gasteiger partial charge in [-0.15, -0.1) is 0 Å². The first kappa shape index (κ1) is 11.8. The zero-order valence-electron chi connectivity index (χ0n) is 7.55. The minimum absolute atomic E-state index is 0.320. The van der Waals surface area contributed by atoms with Crippen molar-refractivity contribution in [3.63, 3.8) is 0 Å². The molecule has 0 bridgehead atoms. The van der Waals surface area contributed by atoms with Crippen molar-refractivity contribution in [1.29, 1.82) is 0 Å². The Morgan fingerprint density at radius 2 is 2.17 bits per heavy atom. The van der Waals surface area contributed by atoms with E-state index in [1.54, 1.807) is 6.92 Å². The Bertz CT molecular complexity index is 198. The fraction of sp³-hybridized carbons (Fsp3) is 0.625. The molecular weight excluding hydrogens is 263 g/mol. The molecule has 0 aliphatic heterocycles. The third kappa shape index (κ3) is 5.46. The first-order valence-electron chi connectivity index (χ1n) is 3.98.